The predicted octanol–water partition coefficient (Wildman–Crippen LogP) is 3.59. The highest BCUT2D eigenvalue weighted by atomic mass is 16.5. The molecule has 1 saturated heterocycles. The zero-order valence-electron chi connectivity index (χ0n) is 19.3. The molecule has 8 nitrogen and oxygen atoms in total. The van der Waals surface area contributed by atoms with Crippen LogP contribution in [0.25, 0.3) is 11.4 Å². The number of ether oxygens (including phenoxy) is 2. The summed E-state index contributed by atoms with van der Waals surface area (Å²) >= 11 is 0. The Balaban J connectivity index is 1.28. The molecular formula is C25H30N4O4. The fourth-order valence-electron chi connectivity index (χ4n) is 4.09. The van der Waals surface area contributed by atoms with Gasteiger partial charge >= 0.3 is 0 Å². The first kappa shape index (κ1) is 22.8. The van der Waals surface area contributed by atoms with Gasteiger partial charge in [-0.1, -0.05) is 29.4 Å². The van der Waals surface area contributed by atoms with E-state index in [1.165, 1.54) is 5.56 Å². The van der Waals surface area contributed by atoms with Gasteiger partial charge in [-0.25, -0.2) is 0 Å². The van der Waals surface area contributed by atoms with Crippen molar-refractivity contribution in [3.8, 4) is 22.9 Å². The number of carbonyl (C=O) groups is 1. The molecule has 1 N–H and O–H groups in total. The first-order valence-electron chi connectivity index (χ1n) is 11.2. The largest absolute Gasteiger partial charge is 0.493 e. The minimum Gasteiger partial charge on any atom is -0.493 e. The lowest BCUT2D eigenvalue weighted by Crippen LogP contribution is -2.40. The van der Waals surface area contributed by atoms with Crippen LogP contribution in [0.2, 0.25) is 0 Å². The highest BCUT2D eigenvalue weighted by molar-refractivity contribution is 5.78. The standard InChI is InChI=1S/C25H30N4O4/c1-17-6-4-5-7-20(17)15-26-25(30)18-10-12-29(13-11-18)16-23-27-24(28-33-23)19-8-9-21(31-2)22(14-19)32-3/h4-9,14,18H,10-13,15-16H2,1-3H3,(H,26,30). The van der Waals surface area contributed by atoms with Crippen LogP contribution in [0.15, 0.2) is 47.0 Å². The average molecular weight is 451 g/mol. The second-order valence-electron chi connectivity index (χ2n) is 8.28. The number of likely N-dealkylation sites (tertiary alicyclic amines) is 1. The minimum absolute atomic E-state index is 0.0373. The molecule has 0 unspecified atom stereocenters. The first-order chi connectivity index (χ1) is 16.1. The van der Waals surface area contributed by atoms with Crippen molar-refractivity contribution in [2.24, 2.45) is 5.92 Å². The molecule has 4 rings (SSSR count). The van der Waals surface area contributed by atoms with Crippen molar-refractivity contribution in [1.29, 1.82) is 0 Å². The molecule has 0 radical (unpaired) electrons. The Morgan fingerprint density at radius 3 is 2.61 bits per heavy atom. The van der Waals surface area contributed by atoms with E-state index in [0.29, 0.717) is 36.3 Å². The van der Waals surface area contributed by atoms with Crippen LogP contribution in [0.1, 0.15) is 29.9 Å². The van der Waals surface area contributed by atoms with Crippen LogP contribution in [0.3, 0.4) is 0 Å². The highest BCUT2D eigenvalue weighted by Gasteiger charge is 2.26. The zero-order valence-corrected chi connectivity index (χ0v) is 19.3. The Kier molecular flexibility index (Phi) is 7.24. The Morgan fingerprint density at radius 2 is 1.88 bits per heavy atom. The number of aryl methyl sites for hydroxylation is 1. The smallest absolute Gasteiger partial charge is 0.241 e. The number of methoxy groups -OCH3 is 2. The number of hydrogen-bond donors (Lipinski definition) is 1. The van der Waals surface area contributed by atoms with Crippen molar-refractivity contribution in [3.05, 3.63) is 59.5 Å². The molecule has 1 aliphatic rings. The second kappa shape index (κ2) is 10.5. The Bertz CT molecular complexity index is 1090. The molecular weight excluding hydrogens is 420 g/mol. The van der Waals surface area contributed by atoms with E-state index < -0.39 is 0 Å². The first-order valence-corrected chi connectivity index (χ1v) is 11.2. The molecule has 33 heavy (non-hydrogen) atoms. The summed E-state index contributed by atoms with van der Waals surface area (Å²) in [5, 5.41) is 7.21. The number of nitrogens with zero attached hydrogens (tertiary/aromatic N) is 3. The van der Waals surface area contributed by atoms with E-state index >= 15 is 0 Å². The third-order valence-corrected chi connectivity index (χ3v) is 6.14. The predicted molar refractivity (Wildman–Crippen MR) is 124 cm³/mol. The number of benzene rings is 2. The third kappa shape index (κ3) is 5.51. The maximum absolute atomic E-state index is 12.6. The Morgan fingerprint density at radius 1 is 1.12 bits per heavy atom. The van der Waals surface area contributed by atoms with Gasteiger partial charge in [0.05, 0.1) is 20.8 Å². The maximum atomic E-state index is 12.6. The van der Waals surface area contributed by atoms with Crippen molar-refractivity contribution in [1.82, 2.24) is 20.4 Å². The summed E-state index contributed by atoms with van der Waals surface area (Å²) in [6.45, 7) is 4.84. The van der Waals surface area contributed by atoms with Gasteiger partial charge in [0.15, 0.2) is 11.5 Å². The summed E-state index contributed by atoms with van der Waals surface area (Å²) in [4.78, 5) is 19.4. The van der Waals surface area contributed by atoms with Crippen LogP contribution in [-0.2, 0) is 17.9 Å². The summed E-state index contributed by atoms with van der Waals surface area (Å²) in [6.07, 6.45) is 1.63. The number of carbonyl (C=O) groups excluding carboxylic acids is 1. The molecule has 3 aromatic rings. The number of rotatable bonds is 8. The summed E-state index contributed by atoms with van der Waals surface area (Å²) in [7, 11) is 3.19. The van der Waals surface area contributed by atoms with E-state index in [2.05, 4.69) is 39.4 Å². The summed E-state index contributed by atoms with van der Waals surface area (Å²) in [5.74, 6) is 2.50. The Hall–Kier alpha value is -3.39. The van der Waals surface area contributed by atoms with Crippen molar-refractivity contribution in [3.63, 3.8) is 0 Å². The SMILES string of the molecule is COc1ccc(-c2noc(CN3CCC(C(=O)NCc4ccccc4C)CC3)n2)cc1OC. The van der Waals surface area contributed by atoms with Crippen LogP contribution in [0, 0.1) is 12.8 Å². The number of aromatic nitrogens is 2. The molecule has 8 heteroatoms. The summed E-state index contributed by atoms with van der Waals surface area (Å²) in [5.41, 5.74) is 3.15. The van der Waals surface area contributed by atoms with Crippen molar-refractivity contribution < 1.29 is 18.8 Å². The van der Waals surface area contributed by atoms with Crippen molar-refractivity contribution >= 4 is 5.91 Å². The molecule has 0 saturated carbocycles. The van der Waals surface area contributed by atoms with Crippen molar-refractivity contribution in [2.45, 2.75) is 32.9 Å². The lowest BCUT2D eigenvalue weighted by atomic mass is 9.95. The van der Waals surface area contributed by atoms with Crippen LogP contribution >= 0.6 is 0 Å². The van der Waals surface area contributed by atoms with Crippen LogP contribution in [0.4, 0.5) is 0 Å². The number of amides is 1. The van der Waals surface area contributed by atoms with E-state index in [1.807, 2.05) is 30.3 Å². The van der Waals surface area contributed by atoms with Gasteiger partial charge in [0, 0.05) is 18.0 Å². The number of piperidine rings is 1. The van der Waals surface area contributed by atoms with Gasteiger partial charge in [-0.05, 0) is 62.2 Å². The zero-order chi connectivity index (χ0) is 23.2. The average Bonchev–Trinajstić information content (AvgIpc) is 3.31. The Labute approximate surface area is 193 Å². The van der Waals surface area contributed by atoms with Gasteiger partial charge < -0.3 is 19.3 Å². The van der Waals surface area contributed by atoms with Gasteiger partial charge in [-0.15, -0.1) is 0 Å². The van der Waals surface area contributed by atoms with Crippen LogP contribution < -0.4 is 14.8 Å². The summed E-state index contributed by atoms with van der Waals surface area (Å²) < 4.78 is 16.1. The molecule has 174 valence electrons. The lowest BCUT2D eigenvalue weighted by Gasteiger charge is -2.30. The van der Waals surface area contributed by atoms with E-state index in [-0.39, 0.29) is 11.8 Å². The molecule has 1 amide bonds. The van der Waals surface area contributed by atoms with Crippen molar-refractivity contribution in [2.75, 3.05) is 27.3 Å². The second-order valence-corrected chi connectivity index (χ2v) is 8.28. The lowest BCUT2D eigenvalue weighted by molar-refractivity contribution is -0.126. The van der Waals surface area contributed by atoms with Gasteiger partial charge in [0.1, 0.15) is 0 Å². The van der Waals surface area contributed by atoms with Gasteiger partial charge in [0.2, 0.25) is 17.6 Å². The monoisotopic (exact) mass is 450 g/mol. The molecule has 0 spiro atoms. The number of hydrogen-bond acceptors (Lipinski definition) is 7. The van der Waals surface area contributed by atoms with E-state index in [1.54, 1.807) is 14.2 Å². The number of nitrogens with one attached hydrogen (secondary N) is 1. The molecule has 0 aliphatic carbocycles. The highest BCUT2D eigenvalue weighted by Crippen LogP contribution is 2.31. The quantitative estimate of drug-likeness (QED) is 0.561. The van der Waals surface area contributed by atoms with Gasteiger partial charge in [-0.2, -0.15) is 4.98 Å². The molecule has 2 heterocycles. The summed E-state index contributed by atoms with van der Waals surface area (Å²) in [6, 6.07) is 13.6. The molecule has 1 aromatic heterocycles. The minimum atomic E-state index is 0.0373. The fraction of sp³-hybridized carbons (Fsp3) is 0.400. The third-order valence-electron chi connectivity index (χ3n) is 6.14. The topological polar surface area (TPSA) is 89.7 Å². The molecule has 2 aromatic carbocycles. The molecule has 0 bridgehead atoms. The van der Waals surface area contributed by atoms with Gasteiger partial charge in [-0.3, -0.25) is 9.69 Å². The molecule has 1 aliphatic heterocycles. The van der Waals surface area contributed by atoms with E-state index in [4.69, 9.17) is 14.0 Å². The maximum Gasteiger partial charge on any atom is 0.241 e. The van der Waals surface area contributed by atoms with Crippen LogP contribution in [0.5, 0.6) is 11.5 Å². The van der Waals surface area contributed by atoms with E-state index in [0.717, 1.165) is 37.1 Å². The molecule has 1 fully saturated rings. The fourth-order valence-corrected chi connectivity index (χ4v) is 4.09. The molecule has 0 atom stereocenters. The van der Waals surface area contributed by atoms with Crippen LogP contribution in [-0.4, -0.2) is 48.3 Å². The van der Waals surface area contributed by atoms with Gasteiger partial charge in [0.25, 0.3) is 0 Å². The normalized spacial score (nSPS) is 14.8. The van der Waals surface area contributed by atoms with E-state index in [9.17, 15) is 4.79 Å².